The number of thiophene rings is 1. The van der Waals surface area contributed by atoms with E-state index in [-0.39, 0.29) is 17.9 Å². The van der Waals surface area contributed by atoms with Gasteiger partial charge < -0.3 is 5.32 Å². The number of nitrogens with one attached hydrogen (secondary N) is 2. The minimum atomic E-state index is -0.204. The second-order valence-electron chi connectivity index (χ2n) is 6.49. The largest absolute Gasteiger partial charge is 0.349 e. The van der Waals surface area contributed by atoms with E-state index in [1.165, 1.54) is 11.3 Å². The lowest BCUT2D eigenvalue weighted by atomic mass is 9.92. The highest BCUT2D eigenvalue weighted by Gasteiger charge is 2.23. The molecule has 0 saturated heterocycles. The molecular formula is C20H17BrN4O2S. The topological polar surface area (TPSA) is 84.0 Å². The number of carbonyl (C=O) groups is 2. The molecule has 0 saturated carbocycles. The van der Waals surface area contributed by atoms with E-state index < -0.39 is 0 Å². The zero-order valence-corrected chi connectivity index (χ0v) is 17.2. The summed E-state index contributed by atoms with van der Waals surface area (Å²) in [5, 5.41) is 7.68. The summed E-state index contributed by atoms with van der Waals surface area (Å²) >= 11 is 4.79. The van der Waals surface area contributed by atoms with Crippen molar-refractivity contribution in [2.75, 3.05) is 5.32 Å². The third kappa shape index (κ3) is 4.13. The number of aromatic nitrogens is 2. The predicted octanol–water partition coefficient (Wildman–Crippen LogP) is 3.84. The smallest absolute Gasteiger partial charge is 0.268 e. The Kier molecular flexibility index (Phi) is 5.50. The molecule has 0 bridgehead atoms. The molecule has 2 aromatic heterocycles. The number of benzene rings is 1. The van der Waals surface area contributed by atoms with Crippen LogP contribution in [0.4, 0.5) is 5.95 Å². The van der Waals surface area contributed by atoms with Gasteiger partial charge in [-0.2, -0.15) is 0 Å². The molecule has 4 rings (SSSR count). The highest BCUT2D eigenvalue weighted by atomic mass is 79.9. The molecule has 0 aliphatic heterocycles. The van der Waals surface area contributed by atoms with Crippen molar-refractivity contribution >= 4 is 45.0 Å². The van der Waals surface area contributed by atoms with E-state index in [1.54, 1.807) is 18.3 Å². The van der Waals surface area contributed by atoms with Gasteiger partial charge in [0.25, 0.3) is 11.8 Å². The molecule has 1 aromatic carbocycles. The minimum Gasteiger partial charge on any atom is -0.349 e. The van der Waals surface area contributed by atoms with Gasteiger partial charge in [0.2, 0.25) is 5.95 Å². The molecule has 1 unspecified atom stereocenters. The second-order valence-corrected chi connectivity index (χ2v) is 8.29. The zero-order chi connectivity index (χ0) is 19.5. The monoisotopic (exact) mass is 456 g/mol. The Labute approximate surface area is 174 Å². The molecule has 8 heteroatoms. The molecule has 0 spiro atoms. The molecule has 142 valence electrons. The van der Waals surface area contributed by atoms with E-state index in [1.807, 2.05) is 29.6 Å². The molecule has 1 aliphatic carbocycles. The molecule has 2 N–H and O–H groups in total. The summed E-state index contributed by atoms with van der Waals surface area (Å²) in [5.74, 6) is 0.0128. The number of hydrogen-bond donors (Lipinski definition) is 2. The van der Waals surface area contributed by atoms with E-state index in [9.17, 15) is 9.59 Å². The fourth-order valence-electron chi connectivity index (χ4n) is 3.17. The van der Waals surface area contributed by atoms with Crippen molar-refractivity contribution in [3.8, 4) is 0 Å². The number of fused-ring (bicyclic) bond motifs is 1. The van der Waals surface area contributed by atoms with Crippen LogP contribution in [-0.2, 0) is 12.8 Å². The number of nitrogens with zero attached hydrogens (tertiary/aromatic N) is 2. The number of anilines is 1. The maximum Gasteiger partial charge on any atom is 0.268 e. The lowest BCUT2D eigenvalue weighted by Crippen LogP contribution is -2.39. The Morgan fingerprint density at radius 2 is 2.00 bits per heavy atom. The minimum absolute atomic E-state index is 0.0299. The summed E-state index contributed by atoms with van der Waals surface area (Å²) in [4.78, 5) is 34.0. The molecule has 2 amide bonds. The highest BCUT2D eigenvalue weighted by Crippen LogP contribution is 2.22. The zero-order valence-electron chi connectivity index (χ0n) is 14.8. The Bertz CT molecular complexity index is 1020. The van der Waals surface area contributed by atoms with E-state index in [2.05, 4.69) is 36.5 Å². The Morgan fingerprint density at radius 1 is 1.14 bits per heavy atom. The fraction of sp³-hybridized carbons (Fsp3) is 0.200. The van der Waals surface area contributed by atoms with Gasteiger partial charge in [-0.25, -0.2) is 9.97 Å². The first kappa shape index (κ1) is 18.8. The van der Waals surface area contributed by atoms with Crippen LogP contribution >= 0.6 is 27.3 Å². The number of hydrogen-bond acceptors (Lipinski definition) is 5. The molecule has 1 aliphatic rings. The number of halogens is 1. The van der Waals surface area contributed by atoms with Crippen molar-refractivity contribution in [1.29, 1.82) is 0 Å². The van der Waals surface area contributed by atoms with E-state index in [4.69, 9.17) is 0 Å². The van der Waals surface area contributed by atoms with Crippen molar-refractivity contribution in [3.05, 3.63) is 74.1 Å². The Hall–Kier alpha value is -2.58. The van der Waals surface area contributed by atoms with Gasteiger partial charge in [-0.3, -0.25) is 14.9 Å². The summed E-state index contributed by atoms with van der Waals surface area (Å²) in [6, 6.07) is 11.0. The van der Waals surface area contributed by atoms with Gasteiger partial charge in [-0.1, -0.05) is 18.2 Å². The van der Waals surface area contributed by atoms with Crippen molar-refractivity contribution in [2.45, 2.75) is 25.3 Å². The van der Waals surface area contributed by atoms with Crippen LogP contribution in [0.2, 0.25) is 0 Å². The van der Waals surface area contributed by atoms with E-state index in [0.29, 0.717) is 22.8 Å². The molecule has 1 atom stereocenters. The first-order valence-corrected chi connectivity index (χ1v) is 10.5. The van der Waals surface area contributed by atoms with Crippen LogP contribution in [0.25, 0.3) is 0 Å². The van der Waals surface area contributed by atoms with Crippen LogP contribution in [0.15, 0.2) is 52.4 Å². The normalized spacial score (nSPS) is 15.5. The highest BCUT2D eigenvalue weighted by molar-refractivity contribution is 9.10. The van der Waals surface area contributed by atoms with Crippen molar-refractivity contribution in [1.82, 2.24) is 15.3 Å². The average molecular weight is 457 g/mol. The number of rotatable bonds is 4. The quantitative estimate of drug-likeness (QED) is 0.624. The summed E-state index contributed by atoms with van der Waals surface area (Å²) in [6.45, 7) is 0. The third-order valence-corrected chi connectivity index (χ3v) is 6.13. The van der Waals surface area contributed by atoms with Crippen molar-refractivity contribution in [3.63, 3.8) is 0 Å². The molecule has 6 nitrogen and oxygen atoms in total. The molecule has 28 heavy (non-hydrogen) atoms. The van der Waals surface area contributed by atoms with Gasteiger partial charge >= 0.3 is 0 Å². The number of carbonyl (C=O) groups excluding carboxylic acids is 2. The third-order valence-electron chi connectivity index (χ3n) is 4.57. The average Bonchev–Trinajstić information content (AvgIpc) is 3.23. The molecular weight excluding hydrogens is 440 g/mol. The predicted molar refractivity (Wildman–Crippen MR) is 112 cm³/mol. The van der Waals surface area contributed by atoms with Crippen LogP contribution in [-0.4, -0.2) is 27.8 Å². The summed E-state index contributed by atoms with van der Waals surface area (Å²) in [6.07, 6.45) is 3.92. The van der Waals surface area contributed by atoms with Crippen molar-refractivity contribution < 1.29 is 9.59 Å². The first-order valence-electron chi connectivity index (χ1n) is 8.85. The second kappa shape index (κ2) is 8.20. The first-order chi connectivity index (χ1) is 13.6. The van der Waals surface area contributed by atoms with Gasteiger partial charge in [0.15, 0.2) is 0 Å². The Balaban J connectivity index is 1.41. The lowest BCUT2D eigenvalue weighted by molar-refractivity contribution is 0.0931. The lowest BCUT2D eigenvalue weighted by Gasteiger charge is -2.25. The van der Waals surface area contributed by atoms with Gasteiger partial charge in [-0.15, -0.1) is 11.3 Å². The standard InChI is InChI=1S/C20H17BrN4O2S/c21-15-5-2-1-4-14(15)18(26)23-13-7-8-16-12(10-13)11-22-20(24-16)25-19(27)17-6-3-9-28-17/h1-6,9,11,13H,7-8,10H2,(H,23,26)(H,22,24,25,27). The Morgan fingerprint density at radius 3 is 2.79 bits per heavy atom. The van der Waals surface area contributed by atoms with Crippen LogP contribution in [0.3, 0.4) is 0 Å². The molecule has 0 fully saturated rings. The molecule has 2 heterocycles. The summed E-state index contributed by atoms with van der Waals surface area (Å²) in [7, 11) is 0. The molecule has 0 radical (unpaired) electrons. The van der Waals surface area contributed by atoms with Crippen LogP contribution < -0.4 is 10.6 Å². The molecule has 3 aromatic rings. The fourth-order valence-corrected chi connectivity index (χ4v) is 4.25. The van der Waals surface area contributed by atoms with Crippen LogP contribution in [0, 0.1) is 0 Å². The SMILES string of the molecule is O=C(Nc1ncc2c(n1)CCC(NC(=O)c1ccccc1Br)C2)c1cccs1. The van der Waals surface area contributed by atoms with Gasteiger partial charge in [0, 0.05) is 22.4 Å². The number of amides is 2. The summed E-state index contributed by atoms with van der Waals surface area (Å²) < 4.78 is 0.776. The van der Waals surface area contributed by atoms with Crippen molar-refractivity contribution in [2.24, 2.45) is 0 Å². The summed E-state index contributed by atoms with van der Waals surface area (Å²) in [5.41, 5.74) is 2.54. The van der Waals surface area contributed by atoms with Gasteiger partial charge in [0.05, 0.1) is 10.4 Å². The number of aryl methyl sites for hydroxylation is 1. The maximum absolute atomic E-state index is 12.5. The maximum atomic E-state index is 12.5. The van der Waals surface area contributed by atoms with E-state index in [0.717, 1.165) is 28.6 Å². The van der Waals surface area contributed by atoms with Gasteiger partial charge in [-0.05, 0) is 64.3 Å². The van der Waals surface area contributed by atoms with Crippen LogP contribution in [0.1, 0.15) is 37.7 Å². The van der Waals surface area contributed by atoms with E-state index >= 15 is 0 Å². The van der Waals surface area contributed by atoms with Crippen LogP contribution in [0.5, 0.6) is 0 Å². The van der Waals surface area contributed by atoms with Gasteiger partial charge in [0.1, 0.15) is 0 Å².